The summed E-state index contributed by atoms with van der Waals surface area (Å²) in [5.41, 5.74) is 10.6. The minimum Gasteiger partial charge on any atom is -0.332 e. The number of unbranched alkanes of at least 4 members (excludes halogenated alkanes) is 3. The van der Waals surface area contributed by atoms with Crippen LogP contribution in [0.1, 0.15) is 60.7 Å². The Balaban J connectivity index is 1.93. The minimum absolute atomic E-state index is 0.969. The largest absolute Gasteiger partial charge is 0.332 e. The normalized spacial score (nSPS) is 11.8. The average Bonchev–Trinajstić information content (AvgIpc) is 3.21. The summed E-state index contributed by atoms with van der Waals surface area (Å²) in [7, 11) is 0. The van der Waals surface area contributed by atoms with Gasteiger partial charge in [0.1, 0.15) is 5.65 Å². The molecule has 4 aromatic rings. The summed E-state index contributed by atoms with van der Waals surface area (Å²) < 4.78 is 4.43. The number of rotatable bonds is 6. The molecule has 1 aromatic carbocycles. The Kier molecular flexibility index (Phi) is 5.20. The van der Waals surface area contributed by atoms with Crippen molar-refractivity contribution in [1.82, 2.24) is 19.2 Å². The first-order chi connectivity index (χ1) is 13.9. The summed E-state index contributed by atoms with van der Waals surface area (Å²) in [6.45, 7) is 14.1. The molecule has 0 radical (unpaired) electrons. The van der Waals surface area contributed by atoms with Gasteiger partial charge in [0.25, 0.3) is 0 Å². The lowest BCUT2D eigenvalue weighted by Gasteiger charge is -2.12. The molecular formula is C25H32N4. The predicted octanol–water partition coefficient (Wildman–Crippen LogP) is 6.47. The zero-order chi connectivity index (χ0) is 20.7. The van der Waals surface area contributed by atoms with Crippen LogP contribution in [0, 0.1) is 34.6 Å². The van der Waals surface area contributed by atoms with E-state index in [0.717, 1.165) is 23.6 Å². The predicted molar refractivity (Wildman–Crippen MR) is 122 cm³/mol. The maximum atomic E-state index is 5.02. The first-order valence-corrected chi connectivity index (χ1v) is 10.8. The van der Waals surface area contributed by atoms with Gasteiger partial charge >= 0.3 is 0 Å². The van der Waals surface area contributed by atoms with Crippen molar-refractivity contribution in [2.45, 2.75) is 73.8 Å². The van der Waals surface area contributed by atoms with Gasteiger partial charge in [-0.1, -0.05) is 43.9 Å². The van der Waals surface area contributed by atoms with E-state index in [2.05, 4.69) is 75.0 Å². The van der Waals surface area contributed by atoms with Gasteiger partial charge in [-0.25, -0.2) is 4.98 Å². The van der Waals surface area contributed by atoms with E-state index in [0.29, 0.717) is 0 Å². The molecule has 0 aliphatic carbocycles. The van der Waals surface area contributed by atoms with E-state index in [1.54, 1.807) is 0 Å². The maximum Gasteiger partial charge on any atom is 0.165 e. The second-order valence-electron chi connectivity index (χ2n) is 8.47. The monoisotopic (exact) mass is 388 g/mol. The highest BCUT2D eigenvalue weighted by atomic mass is 15.3. The number of benzene rings is 1. The molecular weight excluding hydrogens is 356 g/mol. The van der Waals surface area contributed by atoms with Crippen LogP contribution >= 0.6 is 0 Å². The third-order valence-electron chi connectivity index (χ3n) is 6.01. The highest BCUT2D eigenvalue weighted by Crippen LogP contribution is 2.35. The van der Waals surface area contributed by atoms with E-state index in [1.165, 1.54) is 64.5 Å². The standard InChI is InChI=1S/C25H32N4/c1-7-8-9-10-12-28-13-11-21-19(5)26-24-23(20(6)27-29(24)25(21)28)22-17(3)14-16(2)15-18(22)4/h11,13-15H,7-10,12H2,1-6H3. The van der Waals surface area contributed by atoms with Crippen LogP contribution < -0.4 is 0 Å². The number of hydrogen-bond donors (Lipinski definition) is 0. The molecule has 0 unspecified atom stereocenters. The number of hydrogen-bond acceptors (Lipinski definition) is 2. The number of aryl methyl sites for hydroxylation is 6. The lowest BCUT2D eigenvalue weighted by Crippen LogP contribution is -2.04. The van der Waals surface area contributed by atoms with E-state index in [9.17, 15) is 0 Å². The Labute approximate surface area is 173 Å². The third-order valence-corrected chi connectivity index (χ3v) is 6.01. The van der Waals surface area contributed by atoms with Gasteiger partial charge in [-0.05, 0) is 63.8 Å². The SMILES string of the molecule is CCCCCCn1ccc2c(C)nc3c(-c4c(C)cc(C)cc4C)c(C)nn3c21. The number of fused-ring (bicyclic) bond motifs is 3. The Morgan fingerprint density at radius 2 is 1.59 bits per heavy atom. The quantitative estimate of drug-likeness (QED) is 0.355. The summed E-state index contributed by atoms with van der Waals surface area (Å²) in [5.74, 6) is 0. The van der Waals surface area contributed by atoms with Crippen molar-refractivity contribution < 1.29 is 0 Å². The molecule has 29 heavy (non-hydrogen) atoms. The zero-order valence-corrected chi connectivity index (χ0v) is 18.6. The van der Waals surface area contributed by atoms with E-state index >= 15 is 0 Å². The lowest BCUT2D eigenvalue weighted by atomic mass is 9.94. The summed E-state index contributed by atoms with van der Waals surface area (Å²) in [6, 6.07) is 6.70. The fraction of sp³-hybridized carbons (Fsp3) is 0.440. The molecule has 3 heterocycles. The zero-order valence-electron chi connectivity index (χ0n) is 18.6. The van der Waals surface area contributed by atoms with Crippen LogP contribution in [-0.4, -0.2) is 19.2 Å². The van der Waals surface area contributed by atoms with Crippen LogP contribution in [0.25, 0.3) is 27.8 Å². The van der Waals surface area contributed by atoms with Crippen molar-refractivity contribution in [3.8, 4) is 11.1 Å². The Hall–Kier alpha value is -2.62. The van der Waals surface area contributed by atoms with Crippen LogP contribution in [0.15, 0.2) is 24.4 Å². The molecule has 0 saturated carbocycles. The minimum atomic E-state index is 0.969. The molecule has 4 heteroatoms. The van der Waals surface area contributed by atoms with Gasteiger partial charge in [-0.3, -0.25) is 0 Å². The van der Waals surface area contributed by atoms with Gasteiger partial charge in [0.15, 0.2) is 5.65 Å². The molecule has 0 saturated heterocycles. The molecule has 0 spiro atoms. The highest BCUT2D eigenvalue weighted by Gasteiger charge is 2.20. The maximum absolute atomic E-state index is 5.02. The third kappa shape index (κ3) is 3.35. The Morgan fingerprint density at radius 1 is 0.862 bits per heavy atom. The van der Waals surface area contributed by atoms with Crippen molar-refractivity contribution in [1.29, 1.82) is 0 Å². The molecule has 152 valence electrons. The first-order valence-electron chi connectivity index (χ1n) is 10.8. The summed E-state index contributed by atoms with van der Waals surface area (Å²) in [4.78, 5) is 5.02. The summed E-state index contributed by atoms with van der Waals surface area (Å²) in [5, 5.41) is 6.17. The summed E-state index contributed by atoms with van der Waals surface area (Å²) in [6.07, 6.45) is 7.23. The molecule has 0 bridgehead atoms. The number of nitrogens with zero attached hydrogens (tertiary/aromatic N) is 4. The van der Waals surface area contributed by atoms with Crippen LogP contribution in [-0.2, 0) is 6.54 Å². The van der Waals surface area contributed by atoms with Gasteiger partial charge < -0.3 is 4.57 Å². The Morgan fingerprint density at radius 3 is 2.28 bits per heavy atom. The average molecular weight is 389 g/mol. The fourth-order valence-electron chi connectivity index (χ4n) is 4.72. The van der Waals surface area contributed by atoms with Gasteiger partial charge in [-0.2, -0.15) is 9.61 Å². The molecule has 0 aliphatic rings. The molecule has 3 aromatic heterocycles. The van der Waals surface area contributed by atoms with E-state index in [4.69, 9.17) is 10.1 Å². The Bertz CT molecular complexity index is 1170. The van der Waals surface area contributed by atoms with Crippen LogP contribution in [0.2, 0.25) is 0 Å². The molecule has 0 fully saturated rings. The van der Waals surface area contributed by atoms with Crippen LogP contribution in [0.4, 0.5) is 0 Å². The van der Waals surface area contributed by atoms with E-state index in [1.807, 2.05) is 0 Å². The molecule has 0 N–H and O–H groups in total. The lowest BCUT2D eigenvalue weighted by molar-refractivity contribution is 0.588. The topological polar surface area (TPSA) is 35.1 Å². The van der Waals surface area contributed by atoms with Gasteiger partial charge in [0.2, 0.25) is 0 Å². The second kappa shape index (κ2) is 7.66. The van der Waals surface area contributed by atoms with Crippen molar-refractivity contribution in [2.75, 3.05) is 0 Å². The highest BCUT2D eigenvalue weighted by molar-refractivity contribution is 5.89. The molecule has 0 aliphatic heterocycles. The molecule has 0 atom stereocenters. The van der Waals surface area contributed by atoms with Gasteiger partial charge in [-0.15, -0.1) is 0 Å². The molecule has 4 rings (SSSR count). The first kappa shape index (κ1) is 19.7. The van der Waals surface area contributed by atoms with Crippen molar-refractivity contribution >= 4 is 16.7 Å². The van der Waals surface area contributed by atoms with Crippen molar-refractivity contribution in [3.05, 3.63) is 52.5 Å². The molecule has 4 nitrogen and oxygen atoms in total. The van der Waals surface area contributed by atoms with Gasteiger partial charge in [0.05, 0.1) is 17.0 Å². The van der Waals surface area contributed by atoms with Gasteiger partial charge in [0, 0.05) is 18.1 Å². The van der Waals surface area contributed by atoms with Crippen molar-refractivity contribution in [2.24, 2.45) is 0 Å². The fourth-order valence-corrected chi connectivity index (χ4v) is 4.72. The smallest absolute Gasteiger partial charge is 0.165 e. The van der Waals surface area contributed by atoms with Crippen molar-refractivity contribution in [3.63, 3.8) is 0 Å². The molecule has 0 amide bonds. The summed E-state index contributed by atoms with van der Waals surface area (Å²) >= 11 is 0. The van der Waals surface area contributed by atoms with E-state index < -0.39 is 0 Å². The van der Waals surface area contributed by atoms with Crippen LogP contribution in [0.3, 0.4) is 0 Å². The van der Waals surface area contributed by atoms with E-state index in [-0.39, 0.29) is 0 Å². The second-order valence-corrected chi connectivity index (χ2v) is 8.47. The van der Waals surface area contributed by atoms with Crippen LogP contribution in [0.5, 0.6) is 0 Å². The number of aromatic nitrogens is 4.